The predicted molar refractivity (Wildman–Crippen MR) is 125 cm³/mol. The lowest BCUT2D eigenvalue weighted by Gasteiger charge is -2.39. The molecule has 0 saturated carbocycles. The molecule has 0 bridgehead atoms. The SMILES string of the molecule is CCOC(CC)(OCC)C(C)NC(=O)C1(C(C)C)CC(c2nccc3c2C=CCC3)=NO1. The first-order valence-electron chi connectivity index (χ1n) is 11.8. The molecule has 1 aromatic heterocycles. The van der Waals surface area contributed by atoms with Crippen LogP contribution in [0, 0.1) is 5.92 Å². The number of aryl methyl sites for hydroxylation is 1. The molecule has 176 valence electrons. The third-order valence-electron chi connectivity index (χ3n) is 6.56. The predicted octanol–water partition coefficient (Wildman–Crippen LogP) is 4.24. The van der Waals surface area contributed by atoms with Crippen molar-refractivity contribution in [2.75, 3.05) is 13.2 Å². The molecule has 0 aromatic carbocycles. The zero-order chi connectivity index (χ0) is 23.4. The lowest BCUT2D eigenvalue weighted by molar-refractivity contribution is -0.249. The fourth-order valence-electron chi connectivity index (χ4n) is 4.58. The van der Waals surface area contributed by atoms with Gasteiger partial charge >= 0.3 is 0 Å². The van der Waals surface area contributed by atoms with Crippen molar-refractivity contribution in [1.29, 1.82) is 0 Å². The molecule has 0 fully saturated rings. The fourth-order valence-corrected chi connectivity index (χ4v) is 4.58. The molecule has 1 aliphatic carbocycles. The molecule has 1 amide bonds. The molecule has 0 saturated heterocycles. The van der Waals surface area contributed by atoms with Gasteiger partial charge in [0.1, 0.15) is 5.71 Å². The van der Waals surface area contributed by atoms with Crippen molar-refractivity contribution in [2.24, 2.45) is 11.1 Å². The zero-order valence-electron chi connectivity index (χ0n) is 20.2. The maximum atomic E-state index is 13.6. The van der Waals surface area contributed by atoms with Crippen molar-refractivity contribution >= 4 is 17.7 Å². The van der Waals surface area contributed by atoms with E-state index in [0.717, 1.165) is 24.1 Å². The van der Waals surface area contributed by atoms with Crippen LogP contribution in [0.3, 0.4) is 0 Å². The Morgan fingerprint density at radius 3 is 2.59 bits per heavy atom. The summed E-state index contributed by atoms with van der Waals surface area (Å²) in [7, 11) is 0. The Morgan fingerprint density at radius 1 is 1.25 bits per heavy atom. The van der Waals surface area contributed by atoms with Crippen molar-refractivity contribution < 1.29 is 19.1 Å². The van der Waals surface area contributed by atoms with Crippen LogP contribution < -0.4 is 5.32 Å². The molecule has 7 heteroatoms. The maximum absolute atomic E-state index is 13.6. The van der Waals surface area contributed by atoms with Crippen LogP contribution in [-0.2, 0) is 25.5 Å². The van der Waals surface area contributed by atoms with Crippen LogP contribution in [0.2, 0.25) is 0 Å². The number of nitrogens with one attached hydrogen (secondary N) is 1. The molecule has 2 atom stereocenters. The van der Waals surface area contributed by atoms with Gasteiger partial charge in [0.25, 0.3) is 5.91 Å². The third-order valence-corrected chi connectivity index (χ3v) is 6.56. The first-order valence-corrected chi connectivity index (χ1v) is 11.8. The van der Waals surface area contributed by atoms with E-state index in [-0.39, 0.29) is 17.9 Å². The molecule has 1 aromatic rings. The van der Waals surface area contributed by atoms with Crippen molar-refractivity contribution in [2.45, 2.75) is 84.7 Å². The highest BCUT2D eigenvalue weighted by Gasteiger charge is 2.51. The first-order chi connectivity index (χ1) is 15.3. The molecule has 2 heterocycles. The zero-order valence-corrected chi connectivity index (χ0v) is 20.2. The molecule has 2 unspecified atom stereocenters. The molecular formula is C25H37N3O4. The van der Waals surface area contributed by atoms with Crippen LogP contribution in [0.15, 0.2) is 23.5 Å². The first kappa shape index (κ1) is 24.4. The number of allylic oxidation sites excluding steroid dienone is 1. The summed E-state index contributed by atoms with van der Waals surface area (Å²) in [6, 6.07) is 1.68. The fraction of sp³-hybridized carbons (Fsp3) is 0.640. The lowest BCUT2D eigenvalue weighted by Crippen LogP contribution is -2.60. The Bertz CT molecular complexity index is 874. The Labute approximate surface area is 191 Å². The van der Waals surface area contributed by atoms with E-state index in [2.05, 4.69) is 33.7 Å². The average Bonchev–Trinajstić information content (AvgIpc) is 3.25. The molecule has 7 nitrogen and oxygen atoms in total. The average molecular weight is 444 g/mol. The van der Waals surface area contributed by atoms with Crippen LogP contribution in [0.1, 0.15) is 77.6 Å². The van der Waals surface area contributed by atoms with Gasteiger partial charge in [-0.15, -0.1) is 0 Å². The number of hydrogen-bond acceptors (Lipinski definition) is 6. The van der Waals surface area contributed by atoms with E-state index in [0.29, 0.717) is 31.8 Å². The highest BCUT2D eigenvalue weighted by Crippen LogP contribution is 2.36. The number of fused-ring (bicyclic) bond motifs is 1. The van der Waals surface area contributed by atoms with E-state index < -0.39 is 11.4 Å². The van der Waals surface area contributed by atoms with E-state index in [4.69, 9.17) is 14.3 Å². The van der Waals surface area contributed by atoms with Crippen LogP contribution >= 0.6 is 0 Å². The monoisotopic (exact) mass is 443 g/mol. The van der Waals surface area contributed by atoms with E-state index >= 15 is 0 Å². The second-order valence-electron chi connectivity index (χ2n) is 8.75. The number of oxime groups is 1. The summed E-state index contributed by atoms with van der Waals surface area (Å²) < 4.78 is 11.9. The van der Waals surface area contributed by atoms with E-state index in [1.165, 1.54) is 5.56 Å². The Kier molecular flexibility index (Phi) is 7.72. The topological polar surface area (TPSA) is 82.0 Å². The minimum absolute atomic E-state index is 0.0961. The number of pyridine rings is 1. The summed E-state index contributed by atoms with van der Waals surface area (Å²) >= 11 is 0. The second-order valence-corrected chi connectivity index (χ2v) is 8.75. The van der Waals surface area contributed by atoms with E-state index in [1.807, 2.05) is 47.7 Å². The van der Waals surface area contributed by atoms with Crippen molar-refractivity contribution in [3.05, 3.63) is 35.2 Å². The molecule has 0 spiro atoms. The number of rotatable bonds is 10. The van der Waals surface area contributed by atoms with Crippen molar-refractivity contribution in [3.8, 4) is 0 Å². The van der Waals surface area contributed by atoms with Gasteiger partial charge in [0.15, 0.2) is 5.79 Å². The van der Waals surface area contributed by atoms with Gasteiger partial charge in [-0.05, 0) is 45.2 Å². The summed E-state index contributed by atoms with van der Waals surface area (Å²) in [5.74, 6) is -1.19. The molecule has 1 N–H and O–H groups in total. The summed E-state index contributed by atoms with van der Waals surface area (Å²) in [4.78, 5) is 24.1. The Morgan fingerprint density at radius 2 is 1.97 bits per heavy atom. The normalized spacial score (nSPS) is 21.2. The summed E-state index contributed by atoms with van der Waals surface area (Å²) in [6.07, 6.45) is 9.04. The van der Waals surface area contributed by atoms with Crippen molar-refractivity contribution in [3.63, 3.8) is 0 Å². The summed E-state index contributed by atoms with van der Waals surface area (Å²) in [5, 5.41) is 7.49. The van der Waals surface area contributed by atoms with Gasteiger partial charge in [-0.2, -0.15) is 0 Å². The molecule has 0 radical (unpaired) electrons. The van der Waals surface area contributed by atoms with Crippen LogP contribution in [0.5, 0.6) is 0 Å². The van der Waals surface area contributed by atoms with Gasteiger partial charge in [0.2, 0.25) is 5.60 Å². The quantitative estimate of drug-likeness (QED) is 0.547. The van der Waals surface area contributed by atoms with Gasteiger partial charge in [-0.1, -0.05) is 38.1 Å². The Balaban J connectivity index is 1.83. The number of carbonyl (C=O) groups is 1. The standard InChI is InChI=1S/C25H37N3O4/c1-7-25(30-8-2,31-9-3)18(6)27-23(29)24(17(4)5)16-21(28-32-24)22-20-13-11-10-12-19(20)14-15-26-22/h11,13-15,17-18H,7-10,12,16H2,1-6H3,(H,27,29). The van der Waals surface area contributed by atoms with E-state index in [1.54, 1.807) is 0 Å². The number of amides is 1. The maximum Gasteiger partial charge on any atom is 0.268 e. The number of nitrogens with zero attached hydrogens (tertiary/aromatic N) is 2. The minimum atomic E-state index is -1.11. The van der Waals surface area contributed by atoms with Crippen LogP contribution in [0.25, 0.3) is 6.08 Å². The van der Waals surface area contributed by atoms with Crippen LogP contribution in [-0.4, -0.2) is 47.2 Å². The largest absolute Gasteiger partial charge is 0.378 e. The Hall–Kier alpha value is -2.25. The highest BCUT2D eigenvalue weighted by atomic mass is 16.7. The molecule has 1 aliphatic heterocycles. The van der Waals surface area contributed by atoms with Gasteiger partial charge in [0, 0.05) is 43.7 Å². The molecule has 3 rings (SSSR count). The molecular weight excluding hydrogens is 406 g/mol. The highest BCUT2D eigenvalue weighted by molar-refractivity contribution is 6.06. The number of ether oxygens (including phenoxy) is 2. The van der Waals surface area contributed by atoms with Crippen LogP contribution in [0.4, 0.5) is 0 Å². The van der Waals surface area contributed by atoms with E-state index in [9.17, 15) is 4.79 Å². The number of aromatic nitrogens is 1. The smallest absolute Gasteiger partial charge is 0.268 e. The third kappa shape index (κ3) is 4.46. The summed E-state index contributed by atoms with van der Waals surface area (Å²) in [6.45, 7) is 12.7. The molecule has 32 heavy (non-hydrogen) atoms. The van der Waals surface area contributed by atoms with Gasteiger partial charge in [-0.3, -0.25) is 9.78 Å². The minimum Gasteiger partial charge on any atom is -0.378 e. The van der Waals surface area contributed by atoms with Gasteiger partial charge < -0.3 is 19.6 Å². The number of hydrogen-bond donors (Lipinski definition) is 1. The van der Waals surface area contributed by atoms with Gasteiger partial charge in [0.05, 0.1) is 11.7 Å². The lowest BCUT2D eigenvalue weighted by atomic mass is 9.82. The number of carbonyl (C=O) groups excluding carboxylic acids is 1. The summed E-state index contributed by atoms with van der Waals surface area (Å²) in [5.41, 5.74) is 2.73. The van der Waals surface area contributed by atoms with Gasteiger partial charge in [-0.25, -0.2) is 0 Å². The second kappa shape index (κ2) is 10.1. The van der Waals surface area contributed by atoms with Crippen molar-refractivity contribution in [1.82, 2.24) is 10.3 Å². The molecule has 2 aliphatic rings.